The van der Waals surface area contributed by atoms with E-state index in [1.54, 1.807) is 0 Å². The molecule has 2 N–H and O–H groups in total. The highest BCUT2D eigenvalue weighted by atomic mass is 19.3. The Balaban J connectivity index is 3.32. The second-order valence-corrected chi connectivity index (χ2v) is 2.75. The monoisotopic (exact) mass is 218 g/mol. The van der Waals surface area contributed by atoms with E-state index in [1.165, 1.54) is 20.3 Å². The maximum absolute atomic E-state index is 12.6. The van der Waals surface area contributed by atoms with Gasteiger partial charge < -0.3 is 15.2 Å². The lowest BCUT2D eigenvalue weighted by molar-refractivity contribution is 0.140. The lowest BCUT2D eigenvalue weighted by atomic mass is 10.2. The molecular formula is C9H12F2N2O2. The number of hydrogen-bond donors (Lipinski definition) is 1. The number of hydrogen-bond acceptors (Lipinski definition) is 4. The molecule has 15 heavy (non-hydrogen) atoms. The van der Waals surface area contributed by atoms with Crippen molar-refractivity contribution >= 4 is 0 Å². The number of pyridine rings is 1. The van der Waals surface area contributed by atoms with E-state index < -0.39 is 12.1 Å². The molecule has 1 heterocycles. The normalized spacial score (nSPS) is 10.5. The maximum atomic E-state index is 12.6. The van der Waals surface area contributed by atoms with Gasteiger partial charge in [0, 0.05) is 18.2 Å². The van der Waals surface area contributed by atoms with Crippen molar-refractivity contribution in [1.29, 1.82) is 0 Å². The van der Waals surface area contributed by atoms with Gasteiger partial charge in [0.15, 0.2) is 11.4 Å². The van der Waals surface area contributed by atoms with Gasteiger partial charge >= 0.3 is 0 Å². The summed E-state index contributed by atoms with van der Waals surface area (Å²) in [6, 6.07) is 1.48. The van der Waals surface area contributed by atoms with Crippen molar-refractivity contribution in [3.8, 4) is 11.6 Å². The van der Waals surface area contributed by atoms with Crippen molar-refractivity contribution in [2.24, 2.45) is 5.73 Å². The van der Waals surface area contributed by atoms with Crippen LogP contribution >= 0.6 is 0 Å². The van der Waals surface area contributed by atoms with Crippen molar-refractivity contribution in [2.45, 2.75) is 13.0 Å². The molecule has 0 aliphatic heterocycles. The second kappa shape index (κ2) is 4.88. The van der Waals surface area contributed by atoms with Gasteiger partial charge in [-0.05, 0) is 0 Å². The van der Waals surface area contributed by atoms with Crippen LogP contribution in [0.15, 0.2) is 6.07 Å². The Kier molecular flexibility index (Phi) is 3.79. The Morgan fingerprint density at radius 2 is 2.07 bits per heavy atom. The number of rotatable bonds is 4. The predicted molar refractivity (Wildman–Crippen MR) is 50.2 cm³/mol. The Labute approximate surface area is 86.0 Å². The first kappa shape index (κ1) is 11.6. The molecule has 0 aliphatic rings. The van der Waals surface area contributed by atoms with Crippen LogP contribution in [-0.2, 0) is 6.54 Å². The summed E-state index contributed by atoms with van der Waals surface area (Å²) in [5.74, 6) is 0.125. The molecule has 0 atom stereocenters. The minimum Gasteiger partial charge on any atom is -0.494 e. The third-order valence-corrected chi connectivity index (χ3v) is 1.89. The molecular weight excluding hydrogens is 206 g/mol. The molecule has 0 saturated heterocycles. The molecule has 0 fully saturated rings. The first-order chi connectivity index (χ1) is 7.13. The van der Waals surface area contributed by atoms with Crippen LogP contribution in [0.1, 0.15) is 17.7 Å². The highest BCUT2D eigenvalue weighted by molar-refractivity contribution is 5.41. The van der Waals surface area contributed by atoms with E-state index in [-0.39, 0.29) is 18.2 Å². The van der Waals surface area contributed by atoms with Crippen LogP contribution in [0, 0.1) is 0 Å². The summed E-state index contributed by atoms with van der Waals surface area (Å²) in [4.78, 5) is 3.62. The Bertz CT molecular complexity index is 345. The van der Waals surface area contributed by atoms with Gasteiger partial charge in [-0.2, -0.15) is 0 Å². The molecule has 0 aromatic carbocycles. The van der Waals surface area contributed by atoms with Gasteiger partial charge in [-0.3, -0.25) is 0 Å². The van der Waals surface area contributed by atoms with Crippen LogP contribution in [0.25, 0.3) is 0 Å². The molecule has 0 radical (unpaired) electrons. The largest absolute Gasteiger partial charge is 0.494 e. The van der Waals surface area contributed by atoms with Gasteiger partial charge in [-0.1, -0.05) is 0 Å². The first-order valence-corrected chi connectivity index (χ1v) is 4.24. The van der Waals surface area contributed by atoms with Crippen LogP contribution in [0.5, 0.6) is 11.6 Å². The molecule has 0 amide bonds. The number of nitrogens with zero attached hydrogens (tertiary/aromatic N) is 1. The number of halogens is 2. The molecule has 0 unspecified atom stereocenters. The summed E-state index contributed by atoms with van der Waals surface area (Å²) in [7, 11) is 2.65. The van der Waals surface area contributed by atoms with Crippen LogP contribution < -0.4 is 15.2 Å². The highest BCUT2D eigenvalue weighted by Gasteiger charge is 2.20. The van der Waals surface area contributed by atoms with Gasteiger partial charge in [0.05, 0.1) is 14.2 Å². The highest BCUT2D eigenvalue weighted by Crippen LogP contribution is 2.32. The molecule has 0 saturated carbocycles. The fourth-order valence-corrected chi connectivity index (χ4v) is 1.22. The van der Waals surface area contributed by atoms with E-state index in [2.05, 4.69) is 4.98 Å². The predicted octanol–water partition coefficient (Wildman–Crippen LogP) is 1.50. The minimum atomic E-state index is -2.72. The third-order valence-electron chi connectivity index (χ3n) is 1.89. The van der Waals surface area contributed by atoms with Gasteiger partial charge in [0.25, 0.3) is 6.43 Å². The van der Waals surface area contributed by atoms with Crippen molar-refractivity contribution in [1.82, 2.24) is 4.98 Å². The van der Waals surface area contributed by atoms with E-state index in [9.17, 15) is 8.78 Å². The third kappa shape index (κ3) is 2.33. The lowest BCUT2D eigenvalue weighted by Gasteiger charge is -2.12. The maximum Gasteiger partial charge on any atom is 0.284 e. The molecule has 1 rings (SSSR count). The molecule has 1 aromatic heterocycles. The van der Waals surface area contributed by atoms with E-state index in [0.29, 0.717) is 5.56 Å². The topological polar surface area (TPSA) is 57.4 Å². The number of nitrogens with two attached hydrogens (primary N) is 1. The average molecular weight is 218 g/mol. The van der Waals surface area contributed by atoms with Crippen molar-refractivity contribution in [3.05, 3.63) is 17.3 Å². The van der Waals surface area contributed by atoms with Gasteiger partial charge in [0.2, 0.25) is 5.88 Å². The van der Waals surface area contributed by atoms with Crippen molar-refractivity contribution in [3.63, 3.8) is 0 Å². The zero-order valence-electron chi connectivity index (χ0n) is 8.46. The summed E-state index contributed by atoms with van der Waals surface area (Å²) in [6.07, 6.45) is -2.72. The summed E-state index contributed by atoms with van der Waals surface area (Å²) in [6.45, 7) is 0.0851. The number of ether oxygens (including phenoxy) is 2. The first-order valence-electron chi connectivity index (χ1n) is 4.24. The summed E-state index contributed by atoms with van der Waals surface area (Å²) in [5, 5.41) is 0. The molecule has 84 valence electrons. The second-order valence-electron chi connectivity index (χ2n) is 2.75. The standard InChI is InChI=1S/C9H12F2N2O2/c1-14-6-3-5(4-12)8(15-2)7(13-6)9(10)11/h3,9H,4,12H2,1-2H3. The zero-order valence-corrected chi connectivity index (χ0v) is 8.46. The number of alkyl halides is 2. The van der Waals surface area contributed by atoms with Crippen molar-refractivity contribution < 1.29 is 18.3 Å². The average Bonchev–Trinajstić information content (AvgIpc) is 2.26. The van der Waals surface area contributed by atoms with E-state index in [0.717, 1.165) is 0 Å². The summed E-state index contributed by atoms with van der Waals surface area (Å²) >= 11 is 0. The van der Waals surface area contributed by atoms with E-state index >= 15 is 0 Å². The zero-order chi connectivity index (χ0) is 11.4. The van der Waals surface area contributed by atoms with Crippen LogP contribution in [0.2, 0.25) is 0 Å². The van der Waals surface area contributed by atoms with Crippen molar-refractivity contribution in [2.75, 3.05) is 14.2 Å². The molecule has 0 aliphatic carbocycles. The molecule has 0 spiro atoms. The number of aromatic nitrogens is 1. The SMILES string of the molecule is COc1cc(CN)c(OC)c(C(F)F)n1. The van der Waals surface area contributed by atoms with E-state index in [4.69, 9.17) is 15.2 Å². The molecule has 0 bridgehead atoms. The summed E-state index contributed by atoms with van der Waals surface area (Å²) in [5.41, 5.74) is 5.41. The smallest absolute Gasteiger partial charge is 0.284 e. The van der Waals surface area contributed by atoms with Crippen LogP contribution in [0.3, 0.4) is 0 Å². The van der Waals surface area contributed by atoms with Crippen LogP contribution in [0.4, 0.5) is 8.78 Å². The molecule has 1 aromatic rings. The fraction of sp³-hybridized carbons (Fsp3) is 0.444. The Hall–Kier alpha value is -1.43. The van der Waals surface area contributed by atoms with Gasteiger partial charge in [-0.25, -0.2) is 13.8 Å². The molecule has 6 heteroatoms. The van der Waals surface area contributed by atoms with E-state index in [1.807, 2.05) is 0 Å². The number of methoxy groups -OCH3 is 2. The Morgan fingerprint density at radius 1 is 1.40 bits per heavy atom. The minimum absolute atomic E-state index is 0.0216. The lowest BCUT2D eigenvalue weighted by Crippen LogP contribution is -2.06. The van der Waals surface area contributed by atoms with Gasteiger partial charge in [-0.15, -0.1) is 0 Å². The molecule has 4 nitrogen and oxygen atoms in total. The fourth-order valence-electron chi connectivity index (χ4n) is 1.22. The Morgan fingerprint density at radius 3 is 2.47 bits per heavy atom. The quantitative estimate of drug-likeness (QED) is 0.831. The van der Waals surface area contributed by atoms with Crippen LogP contribution in [-0.4, -0.2) is 19.2 Å². The van der Waals surface area contributed by atoms with Gasteiger partial charge in [0.1, 0.15) is 0 Å². The summed E-state index contributed by atoms with van der Waals surface area (Å²) < 4.78 is 34.9.